The maximum Gasteiger partial charge on any atom is 0.131 e. The highest BCUT2D eigenvalue weighted by molar-refractivity contribution is 5.31. The minimum absolute atomic E-state index is 0.152. The first kappa shape index (κ1) is 9.46. The number of benzene rings is 1. The van der Waals surface area contributed by atoms with Crippen molar-refractivity contribution in [3.8, 4) is 5.75 Å². The maximum absolute atomic E-state index is 13.5. The van der Waals surface area contributed by atoms with E-state index in [1.165, 1.54) is 13.2 Å². The molecule has 14 heavy (non-hydrogen) atoms. The number of hydrogen-bond acceptors (Lipinski definition) is 2. The van der Waals surface area contributed by atoms with Crippen LogP contribution in [0.4, 0.5) is 4.39 Å². The molecule has 1 aromatic rings. The molecule has 0 bridgehead atoms. The van der Waals surface area contributed by atoms with Crippen LogP contribution in [0.15, 0.2) is 18.2 Å². The Morgan fingerprint density at radius 2 is 2.21 bits per heavy atom. The molecule has 76 valence electrons. The lowest BCUT2D eigenvalue weighted by molar-refractivity contribution is 0.409. The van der Waals surface area contributed by atoms with Gasteiger partial charge in [0, 0.05) is 17.7 Å². The molecule has 1 fully saturated rings. The summed E-state index contributed by atoms with van der Waals surface area (Å²) in [6.45, 7) is 0. The van der Waals surface area contributed by atoms with Crippen LogP contribution in [-0.2, 0) is 0 Å². The van der Waals surface area contributed by atoms with Crippen LogP contribution < -0.4 is 10.5 Å². The monoisotopic (exact) mass is 195 g/mol. The number of rotatable bonds is 3. The highest BCUT2D eigenvalue weighted by atomic mass is 19.1. The van der Waals surface area contributed by atoms with Crippen molar-refractivity contribution in [3.05, 3.63) is 29.6 Å². The second-order valence-corrected chi connectivity index (χ2v) is 3.75. The molecule has 0 saturated heterocycles. The lowest BCUT2D eigenvalue weighted by Gasteiger charge is -2.12. The summed E-state index contributed by atoms with van der Waals surface area (Å²) in [5.41, 5.74) is 6.52. The summed E-state index contributed by atoms with van der Waals surface area (Å²) in [7, 11) is 1.52. The standard InChI is InChI=1S/C11H14FNO/c1-14-8-4-5-9(10(12)6-8)11(13)7-2-3-7/h4-7,11H,2-3,13H2,1H3/t11-/m1/s1. The number of nitrogens with two attached hydrogens (primary N) is 1. The van der Waals surface area contributed by atoms with Gasteiger partial charge in [0.2, 0.25) is 0 Å². The predicted octanol–water partition coefficient (Wildman–Crippen LogP) is 2.24. The molecule has 3 heteroatoms. The number of hydrogen-bond donors (Lipinski definition) is 1. The minimum atomic E-state index is -0.260. The Morgan fingerprint density at radius 3 is 2.71 bits per heavy atom. The van der Waals surface area contributed by atoms with E-state index >= 15 is 0 Å². The molecule has 1 atom stereocenters. The van der Waals surface area contributed by atoms with E-state index < -0.39 is 0 Å². The zero-order chi connectivity index (χ0) is 10.1. The zero-order valence-corrected chi connectivity index (χ0v) is 8.16. The molecule has 1 saturated carbocycles. The van der Waals surface area contributed by atoms with E-state index in [0.29, 0.717) is 17.2 Å². The molecule has 2 N–H and O–H groups in total. The Labute approximate surface area is 82.9 Å². The summed E-state index contributed by atoms with van der Waals surface area (Å²) in [4.78, 5) is 0. The van der Waals surface area contributed by atoms with Crippen LogP contribution in [-0.4, -0.2) is 7.11 Å². The van der Waals surface area contributed by atoms with E-state index in [9.17, 15) is 4.39 Å². The molecule has 0 amide bonds. The third-order valence-electron chi connectivity index (χ3n) is 2.70. The first-order valence-electron chi connectivity index (χ1n) is 4.81. The fraction of sp³-hybridized carbons (Fsp3) is 0.455. The first-order chi connectivity index (χ1) is 6.72. The average Bonchev–Trinajstić information content (AvgIpc) is 3.00. The van der Waals surface area contributed by atoms with Gasteiger partial charge in [0.1, 0.15) is 11.6 Å². The molecule has 0 heterocycles. The summed E-state index contributed by atoms with van der Waals surface area (Å²) in [5, 5.41) is 0. The summed E-state index contributed by atoms with van der Waals surface area (Å²) in [6.07, 6.45) is 2.24. The molecule has 0 radical (unpaired) electrons. The highest BCUT2D eigenvalue weighted by Gasteiger charge is 2.31. The minimum Gasteiger partial charge on any atom is -0.497 e. The lowest BCUT2D eigenvalue weighted by atomic mass is 10.0. The molecule has 1 aliphatic rings. The molecule has 1 aromatic carbocycles. The van der Waals surface area contributed by atoms with E-state index in [-0.39, 0.29) is 11.9 Å². The molecular formula is C11H14FNO. The van der Waals surface area contributed by atoms with E-state index in [4.69, 9.17) is 10.5 Å². The van der Waals surface area contributed by atoms with Crippen molar-refractivity contribution in [2.24, 2.45) is 11.7 Å². The van der Waals surface area contributed by atoms with Crippen molar-refractivity contribution in [2.75, 3.05) is 7.11 Å². The molecule has 0 aromatic heterocycles. The van der Waals surface area contributed by atoms with Gasteiger partial charge in [-0.05, 0) is 24.8 Å². The fourth-order valence-corrected chi connectivity index (χ4v) is 1.61. The summed E-state index contributed by atoms with van der Waals surface area (Å²) in [6, 6.07) is 4.70. The van der Waals surface area contributed by atoms with E-state index in [1.54, 1.807) is 12.1 Å². The third kappa shape index (κ3) is 1.73. The van der Waals surface area contributed by atoms with Gasteiger partial charge in [-0.3, -0.25) is 0 Å². The first-order valence-corrected chi connectivity index (χ1v) is 4.81. The maximum atomic E-state index is 13.5. The Balaban J connectivity index is 2.24. The summed E-state index contributed by atoms with van der Waals surface area (Å²) < 4.78 is 18.4. The molecule has 0 aliphatic heterocycles. The van der Waals surface area contributed by atoms with Crippen molar-refractivity contribution in [2.45, 2.75) is 18.9 Å². The molecular weight excluding hydrogens is 181 g/mol. The van der Waals surface area contributed by atoms with Gasteiger partial charge in [-0.2, -0.15) is 0 Å². The third-order valence-corrected chi connectivity index (χ3v) is 2.70. The van der Waals surface area contributed by atoms with E-state index in [2.05, 4.69) is 0 Å². The van der Waals surface area contributed by atoms with Crippen LogP contribution in [0.25, 0.3) is 0 Å². The zero-order valence-electron chi connectivity index (χ0n) is 8.16. The molecule has 0 unspecified atom stereocenters. The Hall–Kier alpha value is -1.09. The van der Waals surface area contributed by atoms with Crippen LogP contribution in [0.3, 0.4) is 0 Å². The van der Waals surface area contributed by atoms with Crippen LogP contribution in [0.5, 0.6) is 5.75 Å². The van der Waals surface area contributed by atoms with Crippen molar-refractivity contribution in [3.63, 3.8) is 0 Å². The smallest absolute Gasteiger partial charge is 0.131 e. The van der Waals surface area contributed by atoms with Gasteiger partial charge >= 0.3 is 0 Å². The van der Waals surface area contributed by atoms with Gasteiger partial charge in [0.05, 0.1) is 7.11 Å². The lowest BCUT2D eigenvalue weighted by Crippen LogP contribution is -2.14. The van der Waals surface area contributed by atoms with Gasteiger partial charge in [-0.1, -0.05) is 6.07 Å². The quantitative estimate of drug-likeness (QED) is 0.802. The van der Waals surface area contributed by atoms with Crippen molar-refractivity contribution >= 4 is 0 Å². The number of methoxy groups -OCH3 is 1. The Kier molecular flexibility index (Phi) is 2.42. The van der Waals surface area contributed by atoms with Crippen LogP contribution >= 0.6 is 0 Å². The van der Waals surface area contributed by atoms with Gasteiger partial charge < -0.3 is 10.5 Å². The highest BCUT2D eigenvalue weighted by Crippen LogP contribution is 2.40. The molecule has 2 rings (SSSR count). The van der Waals surface area contributed by atoms with Crippen LogP contribution in [0.1, 0.15) is 24.4 Å². The normalized spacial score (nSPS) is 17.9. The number of ether oxygens (including phenoxy) is 1. The van der Waals surface area contributed by atoms with E-state index in [0.717, 1.165) is 12.8 Å². The van der Waals surface area contributed by atoms with Gasteiger partial charge in [-0.15, -0.1) is 0 Å². The largest absolute Gasteiger partial charge is 0.497 e. The summed E-state index contributed by atoms with van der Waals surface area (Å²) >= 11 is 0. The van der Waals surface area contributed by atoms with Gasteiger partial charge in [0.25, 0.3) is 0 Å². The van der Waals surface area contributed by atoms with Crippen LogP contribution in [0, 0.1) is 11.7 Å². The van der Waals surface area contributed by atoms with Crippen molar-refractivity contribution in [1.29, 1.82) is 0 Å². The summed E-state index contributed by atoms with van der Waals surface area (Å²) in [5.74, 6) is 0.746. The Bertz CT molecular complexity index is 336. The Morgan fingerprint density at radius 1 is 1.50 bits per heavy atom. The topological polar surface area (TPSA) is 35.2 Å². The van der Waals surface area contributed by atoms with Crippen molar-refractivity contribution < 1.29 is 9.13 Å². The number of halogens is 1. The van der Waals surface area contributed by atoms with E-state index in [1.807, 2.05) is 0 Å². The predicted molar refractivity (Wildman–Crippen MR) is 52.6 cm³/mol. The van der Waals surface area contributed by atoms with Crippen LogP contribution in [0.2, 0.25) is 0 Å². The second kappa shape index (κ2) is 3.58. The molecule has 0 spiro atoms. The van der Waals surface area contributed by atoms with Crippen molar-refractivity contribution in [1.82, 2.24) is 0 Å². The van der Waals surface area contributed by atoms with Gasteiger partial charge in [-0.25, -0.2) is 4.39 Å². The second-order valence-electron chi connectivity index (χ2n) is 3.75. The fourth-order valence-electron chi connectivity index (χ4n) is 1.61. The average molecular weight is 195 g/mol. The van der Waals surface area contributed by atoms with Gasteiger partial charge in [0.15, 0.2) is 0 Å². The molecule has 2 nitrogen and oxygen atoms in total. The molecule has 1 aliphatic carbocycles. The SMILES string of the molecule is COc1ccc([C@H](N)C2CC2)c(F)c1.